The number of nitrogens with zero attached hydrogens (tertiary/aromatic N) is 2. The van der Waals surface area contributed by atoms with Crippen molar-refractivity contribution < 1.29 is 4.39 Å². The number of halogens is 1. The molecule has 0 amide bonds. The van der Waals surface area contributed by atoms with Crippen molar-refractivity contribution in [2.45, 2.75) is 31.7 Å². The summed E-state index contributed by atoms with van der Waals surface area (Å²) in [7, 11) is 0. The van der Waals surface area contributed by atoms with Crippen LogP contribution < -0.4 is 11.1 Å². The van der Waals surface area contributed by atoms with E-state index in [1.807, 2.05) is 0 Å². The molecule has 2 atom stereocenters. The van der Waals surface area contributed by atoms with Crippen molar-refractivity contribution in [2.24, 2.45) is 11.7 Å². The standard InChI is InChI=1S/C11H17FN4/c12-9-6-15-11(16-7-9)14-5-8-3-1-2-4-10(8)13/h6-8,10H,1-5,13H2,(H,14,15,16). The summed E-state index contributed by atoms with van der Waals surface area (Å²) in [5.41, 5.74) is 6.03. The smallest absolute Gasteiger partial charge is 0.222 e. The van der Waals surface area contributed by atoms with E-state index in [9.17, 15) is 4.39 Å². The van der Waals surface area contributed by atoms with Crippen LogP contribution in [0.2, 0.25) is 0 Å². The zero-order valence-electron chi connectivity index (χ0n) is 9.19. The molecule has 88 valence electrons. The van der Waals surface area contributed by atoms with Gasteiger partial charge < -0.3 is 11.1 Å². The van der Waals surface area contributed by atoms with Gasteiger partial charge in [-0.25, -0.2) is 14.4 Å². The number of nitrogens with two attached hydrogens (primary N) is 1. The van der Waals surface area contributed by atoms with Crippen LogP contribution in [0.15, 0.2) is 12.4 Å². The van der Waals surface area contributed by atoms with Crippen molar-refractivity contribution in [1.29, 1.82) is 0 Å². The van der Waals surface area contributed by atoms with Gasteiger partial charge in [-0.05, 0) is 18.8 Å². The van der Waals surface area contributed by atoms with Gasteiger partial charge in [0.1, 0.15) is 0 Å². The van der Waals surface area contributed by atoms with Crippen molar-refractivity contribution >= 4 is 5.95 Å². The highest BCUT2D eigenvalue weighted by Gasteiger charge is 2.21. The molecule has 0 bridgehead atoms. The summed E-state index contributed by atoms with van der Waals surface area (Å²) in [6.45, 7) is 0.771. The van der Waals surface area contributed by atoms with Crippen molar-refractivity contribution in [3.8, 4) is 0 Å². The third kappa shape index (κ3) is 2.88. The molecule has 0 aliphatic heterocycles. The summed E-state index contributed by atoms with van der Waals surface area (Å²) < 4.78 is 12.6. The monoisotopic (exact) mass is 224 g/mol. The maximum Gasteiger partial charge on any atom is 0.222 e. The Morgan fingerprint density at radius 1 is 1.31 bits per heavy atom. The average molecular weight is 224 g/mol. The second-order valence-corrected chi connectivity index (χ2v) is 4.31. The number of rotatable bonds is 3. The van der Waals surface area contributed by atoms with E-state index in [0.717, 1.165) is 31.8 Å². The molecule has 1 aromatic rings. The zero-order chi connectivity index (χ0) is 11.4. The fourth-order valence-corrected chi connectivity index (χ4v) is 2.12. The van der Waals surface area contributed by atoms with Crippen LogP contribution in [0.5, 0.6) is 0 Å². The molecule has 5 heteroatoms. The molecule has 1 heterocycles. The molecule has 3 N–H and O–H groups in total. The number of anilines is 1. The Labute approximate surface area is 94.5 Å². The molecule has 0 saturated heterocycles. The Balaban J connectivity index is 1.84. The lowest BCUT2D eigenvalue weighted by atomic mass is 9.85. The molecule has 0 radical (unpaired) electrons. The Morgan fingerprint density at radius 2 is 2.00 bits per heavy atom. The number of aromatic nitrogens is 2. The van der Waals surface area contributed by atoms with Crippen molar-refractivity contribution in [1.82, 2.24) is 9.97 Å². The largest absolute Gasteiger partial charge is 0.354 e. The molecule has 16 heavy (non-hydrogen) atoms. The molecule has 1 aromatic heterocycles. The second kappa shape index (κ2) is 5.21. The van der Waals surface area contributed by atoms with E-state index >= 15 is 0 Å². The van der Waals surface area contributed by atoms with Crippen LogP contribution in [0.25, 0.3) is 0 Å². The minimum absolute atomic E-state index is 0.265. The van der Waals surface area contributed by atoms with Crippen LogP contribution in [-0.4, -0.2) is 22.6 Å². The normalized spacial score (nSPS) is 25.4. The van der Waals surface area contributed by atoms with E-state index in [-0.39, 0.29) is 6.04 Å². The van der Waals surface area contributed by atoms with Crippen LogP contribution >= 0.6 is 0 Å². The minimum atomic E-state index is -0.417. The molecule has 4 nitrogen and oxygen atoms in total. The lowest BCUT2D eigenvalue weighted by molar-refractivity contribution is 0.321. The van der Waals surface area contributed by atoms with Crippen molar-refractivity contribution in [3.63, 3.8) is 0 Å². The van der Waals surface area contributed by atoms with Crippen molar-refractivity contribution in [2.75, 3.05) is 11.9 Å². The molecule has 1 fully saturated rings. The van der Waals surface area contributed by atoms with Crippen LogP contribution in [0.3, 0.4) is 0 Å². The lowest BCUT2D eigenvalue weighted by Gasteiger charge is -2.28. The molecule has 1 saturated carbocycles. The first-order chi connectivity index (χ1) is 7.75. The third-order valence-corrected chi connectivity index (χ3v) is 3.11. The fourth-order valence-electron chi connectivity index (χ4n) is 2.12. The highest BCUT2D eigenvalue weighted by molar-refractivity contribution is 5.22. The van der Waals surface area contributed by atoms with Gasteiger partial charge in [-0.15, -0.1) is 0 Å². The topological polar surface area (TPSA) is 63.8 Å². The first kappa shape index (κ1) is 11.3. The Hall–Kier alpha value is -1.23. The average Bonchev–Trinajstić information content (AvgIpc) is 2.30. The fraction of sp³-hybridized carbons (Fsp3) is 0.636. The first-order valence-electron chi connectivity index (χ1n) is 5.72. The quantitative estimate of drug-likeness (QED) is 0.817. The van der Waals surface area contributed by atoms with Gasteiger partial charge in [0.2, 0.25) is 5.95 Å². The van der Waals surface area contributed by atoms with Gasteiger partial charge in [0.25, 0.3) is 0 Å². The van der Waals surface area contributed by atoms with E-state index in [2.05, 4.69) is 15.3 Å². The summed E-state index contributed by atoms with van der Waals surface area (Å²) in [4.78, 5) is 7.70. The summed E-state index contributed by atoms with van der Waals surface area (Å²) in [5.74, 6) is 0.529. The van der Waals surface area contributed by atoms with Gasteiger partial charge in [-0.1, -0.05) is 12.8 Å². The van der Waals surface area contributed by atoms with Crippen LogP contribution in [0.1, 0.15) is 25.7 Å². The molecule has 2 unspecified atom stereocenters. The van der Waals surface area contributed by atoms with Gasteiger partial charge in [0, 0.05) is 12.6 Å². The molecule has 1 aliphatic carbocycles. The number of nitrogens with one attached hydrogen (secondary N) is 1. The predicted molar refractivity (Wildman–Crippen MR) is 60.4 cm³/mol. The van der Waals surface area contributed by atoms with E-state index in [4.69, 9.17) is 5.73 Å². The van der Waals surface area contributed by atoms with E-state index in [1.54, 1.807) is 0 Å². The maximum atomic E-state index is 12.6. The van der Waals surface area contributed by atoms with Gasteiger partial charge in [-0.2, -0.15) is 0 Å². The van der Waals surface area contributed by atoms with Gasteiger partial charge in [-0.3, -0.25) is 0 Å². The molecule has 1 aliphatic rings. The Morgan fingerprint density at radius 3 is 2.69 bits per heavy atom. The van der Waals surface area contributed by atoms with Crippen LogP contribution in [-0.2, 0) is 0 Å². The first-order valence-corrected chi connectivity index (χ1v) is 5.72. The number of hydrogen-bond acceptors (Lipinski definition) is 4. The highest BCUT2D eigenvalue weighted by Crippen LogP contribution is 2.22. The summed E-state index contributed by atoms with van der Waals surface area (Å²) >= 11 is 0. The Bertz CT molecular complexity index is 327. The predicted octanol–water partition coefficient (Wildman–Crippen LogP) is 1.55. The van der Waals surface area contributed by atoms with Gasteiger partial charge >= 0.3 is 0 Å². The number of hydrogen-bond donors (Lipinski definition) is 2. The third-order valence-electron chi connectivity index (χ3n) is 3.11. The molecular weight excluding hydrogens is 207 g/mol. The minimum Gasteiger partial charge on any atom is -0.354 e. The lowest BCUT2D eigenvalue weighted by Crippen LogP contribution is -2.37. The van der Waals surface area contributed by atoms with Crippen molar-refractivity contribution in [3.05, 3.63) is 18.2 Å². The van der Waals surface area contributed by atoms with Gasteiger partial charge in [0.15, 0.2) is 5.82 Å². The summed E-state index contributed by atoms with van der Waals surface area (Å²) in [6.07, 6.45) is 7.04. The SMILES string of the molecule is NC1CCCCC1CNc1ncc(F)cn1. The van der Waals surface area contributed by atoms with Crippen LogP contribution in [0, 0.1) is 11.7 Å². The Kier molecular flexibility index (Phi) is 3.66. The summed E-state index contributed by atoms with van der Waals surface area (Å²) in [5, 5.41) is 3.10. The van der Waals surface area contributed by atoms with E-state index < -0.39 is 5.82 Å². The van der Waals surface area contributed by atoms with E-state index in [1.165, 1.54) is 12.8 Å². The molecule has 0 aromatic carbocycles. The molecule has 0 spiro atoms. The molecule has 2 rings (SSSR count). The van der Waals surface area contributed by atoms with E-state index in [0.29, 0.717) is 11.9 Å². The second-order valence-electron chi connectivity index (χ2n) is 4.31. The molecular formula is C11H17FN4. The van der Waals surface area contributed by atoms with Crippen LogP contribution in [0.4, 0.5) is 10.3 Å². The highest BCUT2D eigenvalue weighted by atomic mass is 19.1. The maximum absolute atomic E-state index is 12.6. The zero-order valence-corrected chi connectivity index (χ0v) is 9.19. The summed E-state index contributed by atoms with van der Waals surface area (Å²) in [6, 6.07) is 0.265. The van der Waals surface area contributed by atoms with Gasteiger partial charge in [0.05, 0.1) is 12.4 Å².